The Labute approximate surface area is 129 Å². The SMILES string of the molecule is CCc1cccc(Nc2nc(NCCN)ccc2C(N)=O)c1. The van der Waals surface area contributed by atoms with Crippen LogP contribution in [0.25, 0.3) is 0 Å². The lowest BCUT2D eigenvalue weighted by Gasteiger charge is -2.12. The predicted molar refractivity (Wildman–Crippen MR) is 89.4 cm³/mol. The van der Waals surface area contributed by atoms with Crippen molar-refractivity contribution in [2.75, 3.05) is 23.7 Å². The summed E-state index contributed by atoms with van der Waals surface area (Å²) in [6, 6.07) is 11.3. The number of aromatic nitrogens is 1. The lowest BCUT2D eigenvalue weighted by molar-refractivity contribution is 0.100. The minimum absolute atomic E-state index is 0.347. The molecule has 0 aliphatic rings. The fraction of sp³-hybridized carbons (Fsp3) is 0.250. The zero-order chi connectivity index (χ0) is 15.9. The highest BCUT2D eigenvalue weighted by atomic mass is 16.1. The first kappa shape index (κ1) is 15.8. The number of hydrogen-bond donors (Lipinski definition) is 4. The number of rotatable bonds is 7. The van der Waals surface area contributed by atoms with Crippen molar-refractivity contribution in [3.05, 3.63) is 47.5 Å². The van der Waals surface area contributed by atoms with Crippen LogP contribution >= 0.6 is 0 Å². The summed E-state index contributed by atoms with van der Waals surface area (Å²) >= 11 is 0. The van der Waals surface area contributed by atoms with Crippen molar-refractivity contribution in [3.63, 3.8) is 0 Å². The van der Waals surface area contributed by atoms with Gasteiger partial charge in [-0.3, -0.25) is 4.79 Å². The molecule has 0 unspecified atom stereocenters. The average molecular weight is 299 g/mol. The molecule has 0 bridgehead atoms. The van der Waals surface area contributed by atoms with E-state index in [0.717, 1.165) is 12.1 Å². The van der Waals surface area contributed by atoms with Crippen LogP contribution in [0.5, 0.6) is 0 Å². The highest BCUT2D eigenvalue weighted by Crippen LogP contribution is 2.22. The minimum Gasteiger partial charge on any atom is -0.369 e. The number of carbonyl (C=O) groups is 1. The first-order valence-corrected chi connectivity index (χ1v) is 7.24. The second-order valence-electron chi connectivity index (χ2n) is 4.85. The molecule has 6 N–H and O–H groups in total. The number of nitrogens with one attached hydrogen (secondary N) is 2. The van der Waals surface area contributed by atoms with Gasteiger partial charge in [0, 0.05) is 18.8 Å². The number of hydrogen-bond acceptors (Lipinski definition) is 5. The van der Waals surface area contributed by atoms with Gasteiger partial charge in [0.25, 0.3) is 5.91 Å². The first-order chi connectivity index (χ1) is 10.6. The van der Waals surface area contributed by atoms with Crippen LogP contribution in [-0.4, -0.2) is 24.0 Å². The van der Waals surface area contributed by atoms with Crippen LogP contribution in [0.1, 0.15) is 22.8 Å². The zero-order valence-electron chi connectivity index (χ0n) is 12.6. The third-order valence-corrected chi connectivity index (χ3v) is 3.21. The topological polar surface area (TPSA) is 106 Å². The van der Waals surface area contributed by atoms with E-state index in [2.05, 4.69) is 22.5 Å². The number of amides is 1. The van der Waals surface area contributed by atoms with Crippen molar-refractivity contribution in [1.29, 1.82) is 0 Å². The summed E-state index contributed by atoms with van der Waals surface area (Å²) in [5.41, 5.74) is 13.3. The number of pyridine rings is 1. The molecule has 1 aromatic heterocycles. The number of nitrogens with two attached hydrogens (primary N) is 2. The van der Waals surface area contributed by atoms with Crippen molar-refractivity contribution in [2.24, 2.45) is 11.5 Å². The van der Waals surface area contributed by atoms with Gasteiger partial charge in [-0.15, -0.1) is 0 Å². The Bertz CT molecular complexity index is 657. The summed E-state index contributed by atoms with van der Waals surface area (Å²) in [6.45, 7) is 3.19. The third-order valence-electron chi connectivity index (χ3n) is 3.21. The van der Waals surface area contributed by atoms with Crippen molar-refractivity contribution in [2.45, 2.75) is 13.3 Å². The Hall–Kier alpha value is -2.60. The van der Waals surface area contributed by atoms with Gasteiger partial charge in [0.05, 0.1) is 5.56 Å². The van der Waals surface area contributed by atoms with Gasteiger partial charge in [-0.25, -0.2) is 4.98 Å². The number of anilines is 3. The van der Waals surface area contributed by atoms with Crippen LogP contribution in [0.15, 0.2) is 36.4 Å². The van der Waals surface area contributed by atoms with E-state index in [-0.39, 0.29) is 0 Å². The Balaban J connectivity index is 2.31. The van der Waals surface area contributed by atoms with Gasteiger partial charge in [-0.2, -0.15) is 0 Å². The maximum absolute atomic E-state index is 11.6. The minimum atomic E-state index is -0.521. The number of carbonyl (C=O) groups excluding carboxylic acids is 1. The fourth-order valence-electron chi connectivity index (χ4n) is 2.06. The van der Waals surface area contributed by atoms with Crippen LogP contribution in [0.2, 0.25) is 0 Å². The van der Waals surface area contributed by atoms with E-state index in [9.17, 15) is 4.79 Å². The van der Waals surface area contributed by atoms with Crippen molar-refractivity contribution >= 4 is 23.2 Å². The molecule has 1 aromatic carbocycles. The average Bonchev–Trinajstić information content (AvgIpc) is 2.53. The number of nitrogens with zero attached hydrogens (tertiary/aromatic N) is 1. The molecule has 6 nitrogen and oxygen atoms in total. The van der Waals surface area contributed by atoms with Gasteiger partial charge in [0.15, 0.2) is 0 Å². The van der Waals surface area contributed by atoms with Crippen molar-refractivity contribution in [3.8, 4) is 0 Å². The molecule has 0 atom stereocenters. The molecular formula is C16H21N5O. The fourth-order valence-corrected chi connectivity index (χ4v) is 2.06. The Morgan fingerprint density at radius 2 is 2.09 bits per heavy atom. The summed E-state index contributed by atoms with van der Waals surface area (Å²) < 4.78 is 0. The summed E-state index contributed by atoms with van der Waals surface area (Å²) in [5, 5.41) is 6.24. The highest BCUT2D eigenvalue weighted by molar-refractivity contribution is 5.98. The molecular weight excluding hydrogens is 278 g/mol. The molecule has 0 aliphatic heterocycles. The molecule has 0 saturated heterocycles. The Morgan fingerprint density at radius 1 is 1.27 bits per heavy atom. The van der Waals surface area contributed by atoms with Crippen LogP contribution in [0.4, 0.5) is 17.3 Å². The lowest BCUT2D eigenvalue weighted by atomic mass is 10.1. The van der Waals surface area contributed by atoms with Gasteiger partial charge in [0.1, 0.15) is 11.6 Å². The molecule has 22 heavy (non-hydrogen) atoms. The molecule has 0 radical (unpaired) electrons. The molecule has 0 saturated carbocycles. The molecule has 0 aliphatic carbocycles. The van der Waals surface area contributed by atoms with E-state index < -0.39 is 5.91 Å². The van der Waals surface area contributed by atoms with Crippen LogP contribution in [-0.2, 0) is 6.42 Å². The summed E-state index contributed by atoms with van der Waals surface area (Å²) in [5.74, 6) is 0.555. The monoisotopic (exact) mass is 299 g/mol. The van der Waals surface area contributed by atoms with Gasteiger partial charge < -0.3 is 22.1 Å². The smallest absolute Gasteiger partial charge is 0.252 e. The van der Waals surface area contributed by atoms with Crippen LogP contribution < -0.4 is 22.1 Å². The largest absolute Gasteiger partial charge is 0.369 e. The zero-order valence-corrected chi connectivity index (χ0v) is 12.6. The van der Waals surface area contributed by atoms with Crippen LogP contribution in [0, 0.1) is 0 Å². The molecule has 1 heterocycles. The van der Waals surface area contributed by atoms with Gasteiger partial charge >= 0.3 is 0 Å². The summed E-state index contributed by atoms with van der Waals surface area (Å²) in [7, 11) is 0. The summed E-state index contributed by atoms with van der Waals surface area (Å²) in [6.07, 6.45) is 0.934. The van der Waals surface area contributed by atoms with E-state index in [1.54, 1.807) is 12.1 Å². The molecule has 6 heteroatoms. The van der Waals surface area contributed by atoms with E-state index in [0.29, 0.717) is 30.3 Å². The molecule has 0 spiro atoms. The summed E-state index contributed by atoms with van der Waals surface area (Å²) in [4.78, 5) is 16.0. The second kappa shape index (κ2) is 7.42. The maximum atomic E-state index is 11.6. The Kier molecular flexibility index (Phi) is 5.32. The Morgan fingerprint density at radius 3 is 2.77 bits per heavy atom. The molecule has 0 fully saturated rings. The standard InChI is InChI=1S/C16H21N5O/c1-2-11-4-3-5-12(10-11)20-16-13(15(18)22)6-7-14(21-16)19-9-8-17/h3-7,10H,2,8-9,17H2,1H3,(H2,18,22)(H2,19,20,21). The van der Waals surface area contributed by atoms with E-state index in [1.807, 2.05) is 24.3 Å². The predicted octanol–water partition coefficient (Wildman–Crippen LogP) is 1.86. The lowest BCUT2D eigenvalue weighted by Crippen LogP contribution is -2.17. The van der Waals surface area contributed by atoms with Crippen LogP contribution in [0.3, 0.4) is 0 Å². The molecule has 116 valence electrons. The van der Waals surface area contributed by atoms with Gasteiger partial charge in [-0.05, 0) is 36.2 Å². The van der Waals surface area contributed by atoms with E-state index >= 15 is 0 Å². The first-order valence-electron chi connectivity index (χ1n) is 7.24. The quantitative estimate of drug-likeness (QED) is 0.624. The molecule has 2 rings (SSSR count). The molecule has 2 aromatic rings. The van der Waals surface area contributed by atoms with E-state index in [1.165, 1.54) is 5.56 Å². The highest BCUT2D eigenvalue weighted by Gasteiger charge is 2.11. The van der Waals surface area contributed by atoms with Crippen molar-refractivity contribution in [1.82, 2.24) is 4.98 Å². The maximum Gasteiger partial charge on any atom is 0.252 e. The van der Waals surface area contributed by atoms with Gasteiger partial charge in [0.2, 0.25) is 0 Å². The second-order valence-corrected chi connectivity index (χ2v) is 4.85. The number of aryl methyl sites for hydroxylation is 1. The molecule has 1 amide bonds. The van der Waals surface area contributed by atoms with E-state index in [4.69, 9.17) is 11.5 Å². The van der Waals surface area contributed by atoms with Gasteiger partial charge in [-0.1, -0.05) is 19.1 Å². The number of benzene rings is 1. The third kappa shape index (κ3) is 3.95. The van der Waals surface area contributed by atoms with Crippen molar-refractivity contribution < 1.29 is 4.79 Å². The normalized spacial score (nSPS) is 10.3. The number of primary amides is 1.